The Balaban J connectivity index is 2.03. The number of hydrogen-bond donors (Lipinski definition) is 1. The maximum Gasteiger partial charge on any atom is 0.268 e. The van der Waals surface area contributed by atoms with E-state index in [2.05, 4.69) is 5.32 Å². The number of nitrogens with zero attached hydrogens (tertiary/aromatic N) is 1. The number of hydrogen-bond acceptors (Lipinski definition) is 5. The van der Waals surface area contributed by atoms with Crippen molar-refractivity contribution in [2.24, 2.45) is 0 Å². The Morgan fingerprint density at radius 2 is 1.50 bits per heavy atom. The van der Waals surface area contributed by atoms with Gasteiger partial charge in [0.05, 0.1) is 24.9 Å². The topological polar surface area (TPSA) is 84.9 Å². The monoisotopic (exact) mass is 502 g/mol. The fourth-order valence-electron chi connectivity index (χ4n) is 3.59. The van der Waals surface area contributed by atoms with Crippen LogP contribution in [0.2, 0.25) is 5.02 Å². The predicted molar refractivity (Wildman–Crippen MR) is 135 cm³/mol. The summed E-state index contributed by atoms with van der Waals surface area (Å²) in [5.74, 6) is 0.128. The van der Waals surface area contributed by atoms with Crippen LogP contribution in [-0.4, -0.2) is 35.1 Å². The summed E-state index contributed by atoms with van der Waals surface area (Å²) in [6.07, 6.45) is 0. The number of sulfonamides is 1. The van der Waals surface area contributed by atoms with Crippen LogP contribution >= 0.6 is 11.6 Å². The lowest BCUT2D eigenvalue weighted by molar-refractivity contribution is -0.114. The Morgan fingerprint density at radius 1 is 0.882 bits per heavy atom. The maximum absolute atomic E-state index is 13.8. The number of amides is 1. The van der Waals surface area contributed by atoms with Gasteiger partial charge in [-0.05, 0) is 79.9 Å². The molecule has 0 atom stereocenters. The number of aryl methyl sites for hydroxylation is 3. The van der Waals surface area contributed by atoms with Crippen molar-refractivity contribution in [3.05, 3.63) is 76.3 Å². The zero-order chi connectivity index (χ0) is 25.0. The molecule has 1 N–H and O–H groups in total. The third-order valence-corrected chi connectivity index (χ3v) is 7.19. The summed E-state index contributed by atoms with van der Waals surface area (Å²) in [5, 5.41) is 3.03. The Morgan fingerprint density at radius 3 is 2.09 bits per heavy atom. The van der Waals surface area contributed by atoms with Crippen molar-refractivity contribution in [1.82, 2.24) is 0 Å². The average Bonchev–Trinajstić information content (AvgIpc) is 2.76. The van der Waals surface area contributed by atoms with Gasteiger partial charge in [-0.2, -0.15) is 0 Å². The summed E-state index contributed by atoms with van der Waals surface area (Å²) < 4.78 is 39.2. The summed E-state index contributed by atoms with van der Waals surface area (Å²) in [7, 11) is -1.26. The van der Waals surface area contributed by atoms with Crippen molar-refractivity contribution in [1.29, 1.82) is 0 Å². The van der Waals surface area contributed by atoms with E-state index in [1.165, 1.54) is 26.4 Å². The zero-order valence-corrected chi connectivity index (χ0v) is 21.3. The number of benzene rings is 3. The Labute approximate surface area is 205 Å². The highest BCUT2D eigenvalue weighted by Gasteiger charge is 2.30. The largest absolute Gasteiger partial charge is 0.495 e. The van der Waals surface area contributed by atoms with Crippen LogP contribution < -0.4 is 19.1 Å². The molecular weight excluding hydrogens is 476 g/mol. The van der Waals surface area contributed by atoms with E-state index < -0.39 is 22.5 Å². The molecule has 3 aromatic rings. The van der Waals surface area contributed by atoms with Gasteiger partial charge < -0.3 is 14.8 Å². The Kier molecular flexibility index (Phi) is 7.74. The number of carbonyl (C=O) groups is 1. The van der Waals surface area contributed by atoms with Crippen molar-refractivity contribution in [3.63, 3.8) is 0 Å². The van der Waals surface area contributed by atoms with Gasteiger partial charge >= 0.3 is 0 Å². The van der Waals surface area contributed by atoms with Crippen LogP contribution in [0.4, 0.5) is 11.4 Å². The Hall–Kier alpha value is -3.23. The van der Waals surface area contributed by atoms with Gasteiger partial charge in [-0.1, -0.05) is 23.7 Å². The van der Waals surface area contributed by atoms with Crippen LogP contribution in [0, 0.1) is 20.8 Å². The van der Waals surface area contributed by atoms with Crippen LogP contribution in [0.1, 0.15) is 16.7 Å². The first-order chi connectivity index (χ1) is 16.0. The normalized spacial score (nSPS) is 11.1. The van der Waals surface area contributed by atoms with Gasteiger partial charge in [0.1, 0.15) is 22.9 Å². The number of ether oxygens (including phenoxy) is 2. The molecule has 3 rings (SSSR count). The first kappa shape index (κ1) is 25.4. The van der Waals surface area contributed by atoms with E-state index in [1.54, 1.807) is 43.3 Å². The zero-order valence-electron chi connectivity index (χ0n) is 19.7. The highest BCUT2D eigenvalue weighted by atomic mass is 35.5. The van der Waals surface area contributed by atoms with E-state index in [9.17, 15) is 13.2 Å². The molecule has 0 spiro atoms. The highest BCUT2D eigenvalue weighted by molar-refractivity contribution is 7.93. The van der Waals surface area contributed by atoms with Crippen molar-refractivity contribution in [2.45, 2.75) is 25.7 Å². The molecule has 0 saturated heterocycles. The van der Waals surface area contributed by atoms with Crippen LogP contribution in [0.25, 0.3) is 0 Å². The third-order valence-electron chi connectivity index (χ3n) is 5.10. The van der Waals surface area contributed by atoms with E-state index in [0.29, 0.717) is 22.1 Å². The van der Waals surface area contributed by atoms with Crippen LogP contribution in [0.5, 0.6) is 11.5 Å². The van der Waals surface area contributed by atoms with Gasteiger partial charge in [-0.15, -0.1) is 0 Å². The van der Waals surface area contributed by atoms with Crippen molar-refractivity contribution in [3.8, 4) is 11.5 Å². The second kappa shape index (κ2) is 10.4. The molecule has 0 radical (unpaired) electrons. The molecule has 9 heteroatoms. The second-order valence-electron chi connectivity index (χ2n) is 7.91. The summed E-state index contributed by atoms with van der Waals surface area (Å²) in [6, 6.07) is 15.1. The van der Waals surface area contributed by atoms with E-state index in [0.717, 1.165) is 21.0 Å². The summed E-state index contributed by atoms with van der Waals surface area (Å²) >= 11 is 6.15. The fraction of sp³-hybridized carbons (Fsp3) is 0.240. The molecule has 0 heterocycles. The molecule has 0 fully saturated rings. The number of methoxy groups -OCH3 is 2. The minimum Gasteiger partial charge on any atom is -0.495 e. The molecule has 3 aromatic carbocycles. The number of halogens is 1. The van der Waals surface area contributed by atoms with Gasteiger partial charge in [0.25, 0.3) is 10.0 Å². The number of carbonyl (C=O) groups excluding carboxylic acids is 1. The van der Waals surface area contributed by atoms with E-state index in [1.807, 2.05) is 19.9 Å². The molecule has 0 saturated carbocycles. The molecular formula is C25H27ClN2O5S. The highest BCUT2D eigenvalue weighted by Crippen LogP contribution is 2.32. The Bertz CT molecular complexity index is 1300. The molecule has 0 aromatic heterocycles. The molecule has 0 aliphatic heterocycles. The summed E-state index contributed by atoms with van der Waals surface area (Å²) in [6.45, 7) is 5.08. The minimum absolute atomic E-state index is 0.0190. The lowest BCUT2D eigenvalue weighted by atomic mass is 10.1. The van der Waals surface area contributed by atoms with Gasteiger partial charge in [-0.3, -0.25) is 9.10 Å². The maximum atomic E-state index is 13.8. The third kappa shape index (κ3) is 5.63. The van der Waals surface area contributed by atoms with Gasteiger partial charge in [-0.25, -0.2) is 8.42 Å². The molecule has 0 unspecified atom stereocenters. The fourth-order valence-corrected chi connectivity index (χ4v) is 5.49. The van der Waals surface area contributed by atoms with Gasteiger partial charge in [0, 0.05) is 5.69 Å². The molecule has 34 heavy (non-hydrogen) atoms. The number of anilines is 2. The van der Waals surface area contributed by atoms with Crippen LogP contribution in [-0.2, 0) is 14.8 Å². The van der Waals surface area contributed by atoms with Crippen molar-refractivity contribution in [2.75, 3.05) is 30.4 Å². The molecule has 0 bridgehead atoms. The van der Waals surface area contributed by atoms with E-state index in [-0.39, 0.29) is 10.6 Å². The average molecular weight is 503 g/mol. The van der Waals surface area contributed by atoms with Crippen molar-refractivity contribution >= 4 is 38.9 Å². The number of rotatable bonds is 8. The summed E-state index contributed by atoms with van der Waals surface area (Å²) in [5.41, 5.74) is 3.28. The van der Waals surface area contributed by atoms with Gasteiger partial charge in [0.15, 0.2) is 0 Å². The lowest BCUT2D eigenvalue weighted by Gasteiger charge is -2.26. The molecule has 1 amide bonds. The minimum atomic E-state index is -4.16. The molecule has 7 nitrogen and oxygen atoms in total. The molecule has 0 aliphatic carbocycles. The van der Waals surface area contributed by atoms with Crippen LogP contribution in [0.15, 0.2) is 59.5 Å². The summed E-state index contributed by atoms with van der Waals surface area (Å²) in [4.78, 5) is 13.0. The van der Waals surface area contributed by atoms with Crippen molar-refractivity contribution < 1.29 is 22.7 Å². The first-order valence-electron chi connectivity index (χ1n) is 10.4. The molecule has 0 aliphatic rings. The predicted octanol–water partition coefficient (Wildman–Crippen LogP) is 5.12. The first-order valence-corrected chi connectivity index (χ1v) is 12.3. The second-order valence-corrected chi connectivity index (χ2v) is 10.1. The molecule has 180 valence electrons. The van der Waals surface area contributed by atoms with E-state index >= 15 is 0 Å². The quantitative estimate of drug-likeness (QED) is 0.462. The standard InChI is InChI=1S/C25H27ClN2O5S/c1-16-6-8-23(33-5)24(13-16)34(30,31)28(20-11-17(2)10-18(3)12-20)15-25(29)27-19-7-9-22(32-4)21(26)14-19/h6-14H,15H2,1-5H3,(H,27,29). The lowest BCUT2D eigenvalue weighted by Crippen LogP contribution is -2.38. The van der Waals surface area contributed by atoms with E-state index in [4.69, 9.17) is 21.1 Å². The smallest absolute Gasteiger partial charge is 0.268 e. The van der Waals surface area contributed by atoms with Crippen LogP contribution in [0.3, 0.4) is 0 Å². The van der Waals surface area contributed by atoms with Gasteiger partial charge in [0.2, 0.25) is 5.91 Å². The number of nitrogens with one attached hydrogen (secondary N) is 1. The SMILES string of the molecule is COc1ccc(NC(=O)CN(c2cc(C)cc(C)c2)S(=O)(=O)c2cc(C)ccc2OC)cc1Cl.